The van der Waals surface area contributed by atoms with Gasteiger partial charge in [0, 0.05) is 18.1 Å². The zero-order chi connectivity index (χ0) is 22.2. The highest BCUT2D eigenvalue weighted by molar-refractivity contribution is 5.87. The van der Waals surface area contributed by atoms with Gasteiger partial charge in [0.15, 0.2) is 0 Å². The van der Waals surface area contributed by atoms with E-state index in [1.165, 1.54) is 12.2 Å². The number of carbonyl (C=O) groups excluding carboxylic acids is 2. The van der Waals surface area contributed by atoms with Crippen molar-refractivity contribution in [3.05, 3.63) is 65.8 Å². The predicted molar refractivity (Wildman–Crippen MR) is 120 cm³/mol. The van der Waals surface area contributed by atoms with Crippen molar-refractivity contribution >= 4 is 18.0 Å². The number of ether oxygens (including phenoxy) is 2. The molecule has 1 aromatic rings. The van der Waals surface area contributed by atoms with Gasteiger partial charge in [0.2, 0.25) is 0 Å². The number of cyclic esters (lactones) is 1. The Kier molecular flexibility index (Phi) is 8.24. The Morgan fingerprint density at radius 1 is 1.19 bits per heavy atom. The summed E-state index contributed by atoms with van der Waals surface area (Å²) in [5.74, 6) is -0.922. The third kappa shape index (κ3) is 7.21. The second-order valence-electron chi connectivity index (χ2n) is 8.56. The Bertz CT molecular complexity index is 836. The van der Waals surface area contributed by atoms with Crippen LogP contribution in [0.1, 0.15) is 50.2 Å². The number of esters is 2. The summed E-state index contributed by atoms with van der Waals surface area (Å²) in [7, 11) is 0. The van der Waals surface area contributed by atoms with E-state index in [0.29, 0.717) is 12.8 Å². The van der Waals surface area contributed by atoms with Crippen LogP contribution in [-0.4, -0.2) is 35.4 Å². The molecule has 0 aromatic heterocycles. The summed E-state index contributed by atoms with van der Waals surface area (Å²) in [6, 6.07) is 7.83. The Hall–Kier alpha value is -2.66. The van der Waals surface area contributed by atoms with E-state index in [9.17, 15) is 14.7 Å². The maximum Gasteiger partial charge on any atom is 0.331 e. The minimum atomic E-state index is -0.620. The van der Waals surface area contributed by atoms with Gasteiger partial charge in [0.25, 0.3) is 0 Å². The van der Waals surface area contributed by atoms with Crippen LogP contribution in [0.5, 0.6) is 0 Å². The molecule has 0 bridgehead atoms. The minimum Gasteiger partial charge on any atom is -0.460 e. The number of aliphatic hydroxyl groups is 1. The van der Waals surface area contributed by atoms with Crippen molar-refractivity contribution in [2.24, 2.45) is 11.8 Å². The molecule has 1 saturated carbocycles. The molecule has 5 nitrogen and oxygen atoms in total. The van der Waals surface area contributed by atoms with Crippen molar-refractivity contribution in [1.82, 2.24) is 0 Å². The average molecular weight is 425 g/mol. The molecule has 0 radical (unpaired) electrons. The lowest BCUT2D eigenvalue weighted by Gasteiger charge is -2.24. The molecule has 166 valence electrons. The van der Waals surface area contributed by atoms with Crippen LogP contribution in [0, 0.1) is 18.8 Å². The molecular weight excluding hydrogens is 392 g/mol. The molecule has 0 saturated heterocycles. The minimum absolute atomic E-state index is 0.0905. The van der Waals surface area contributed by atoms with Gasteiger partial charge < -0.3 is 14.6 Å². The first kappa shape index (κ1) is 23.0. The Labute approximate surface area is 184 Å². The number of aryl methyl sites for hydroxylation is 1. The number of hydrogen-bond donors (Lipinski definition) is 1. The molecule has 0 spiro atoms. The van der Waals surface area contributed by atoms with E-state index in [2.05, 4.69) is 12.2 Å². The van der Waals surface area contributed by atoms with E-state index in [4.69, 9.17) is 9.47 Å². The third-order valence-corrected chi connectivity index (χ3v) is 5.91. The first-order valence-electron chi connectivity index (χ1n) is 11.1. The quantitative estimate of drug-likeness (QED) is 0.438. The maximum absolute atomic E-state index is 12.5. The highest BCUT2D eigenvalue weighted by Crippen LogP contribution is 2.37. The first-order chi connectivity index (χ1) is 14.9. The molecule has 1 N–H and O–H groups in total. The zero-order valence-electron chi connectivity index (χ0n) is 18.3. The molecule has 5 heteroatoms. The summed E-state index contributed by atoms with van der Waals surface area (Å²) >= 11 is 0. The van der Waals surface area contributed by atoms with Gasteiger partial charge in [-0.15, -0.1) is 0 Å². The molecule has 5 atom stereocenters. The topological polar surface area (TPSA) is 72.8 Å². The smallest absolute Gasteiger partial charge is 0.331 e. The van der Waals surface area contributed by atoms with Crippen LogP contribution in [0.25, 0.3) is 6.08 Å². The molecule has 0 unspecified atom stereocenters. The van der Waals surface area contributed by atoms with Crippen LogP contribution in [0.15, 0.2) is 54.6 Å². The van der Waals surface area contributed by atoms with Crippen LogP contribution in [0.2, 0.25) is 0 Å². The fraction of sp³-hybridized carbons (Fsp3) is 0.462. The van der Waals surface area contributed by atoms with Gasteiger partial charge >= 0.3 is 11.9 Å². The average Bonchev–Trinajstić information content (AvgIpc) is 3.10. The fourth-order valence-electron chi connectivity index (χ4n) is 4.22. The SMILES string of the molecule is Cc1ccc(/C=C/C(=O)O[C@@H]2/C=C/C(=O)O[C@@H](C)CCC/C=C/[C@@H]3C[C@H](O)C[C@H]32)cc1. The normalized spacial score (nSPS) is 31.6. The van der Waals surface area contributed by atoms with Gasteiger partial charge in [0.05, 0.1) is 12.2 Å². The van der Waals surface area contributed by atoms with Crippen molar-refractivity contribution in [2.75, 3.05) is 0 Å². The van der Waals surface area contributed by atoms with Crippen molar-refractivity contribution in [2.45, 2.75) is 64.3 Å². The van der Waals surface area contributed by atoms with Gasteiger partial charge in [-0.1, -0.05) is 42.0 Å². The molecule has 1 fully saturated rings. The molecule has 0 amide bonds. The number of aliphatic hydroxyl groups excluding tert-OH is 1. The molecule has 1 heterocycles. The van der Waals surface area contributed by atoms with E-state index in [0.717, 1.165) is 30.4 Å². The van der Waals surface area contributed by atoms with Crippen LogP contribution >= 0.6 is 0 Å². The Morgan fingerprint density at radius 3 is 2.74 bits per heavy atom. The second kappa shape index (κ2) is 11.1. The summed E-state index contributed by atoms with van der Waals surface area (Å²) in [6.07, 6.45) is 12.8. The highest BCUT2D eigenvalue weighted by Gasteiger charge is 2.38. The van der Waals surface area contributed by atoms with E-state index in [1.807, 2.05) is 38.1 Å². The van der Waals surface area contributed by atoms with Gasteiger partial charge in [-0.25, -0.2) is 9.59 Å². The van der Waals surface area contributed by atoms with Crippen molar-refractivity contribution in [1.29, 1.82) is 0 Å². The second-order valence-corrected chi connectivity index (χ2v) is 8.56. The van der Waals surface area contributed by atoms with Gasteiger partial charge in [-0.3, -0.25) is 0 Å². The zero-order valence-corrected chi connectivity index (χ0v) is 18.3. The molecular formula is C26H32O5. The predicted octanol–water partition coefficient (Wildman–Crippen LogP) is 4.54. The number of rotatable bonds is 3. The van der Waals surface area contributed by atoms with Crippen molar-refractivity contribution in [3.8, 4) is 0 Å². The van der Waals surface area contributed by atoms with Crippen LogP contribution in [-0.2, 0) is 19.1 Å². The number of benzene rings is 1. The fourth-order valence-corrected chi connectivity index (χ4v) is 4.22. The standard InChI is InChI=1S/C26H32O5/c1-18-8-10-20(11-9-18)12-14-26(29)31-24-13-15-25(28)30-19(2)6-4-3-5-7-21-16-22(27)17-23(21)24/h5,7-15,19,21-24,27H,3-4,6,16-17H2,1-2H3/b7-5+,14-12+,15-13+/t19-,21+,22-,23+,24+/m0/s1. The van der Waals surface area contributed by atoms with Crippen molar-refractivity contribution in [3.63, 3.8) is 0 Å². The summed E-state index contributed by atoms with van der Waals surface area (Å²) in [5, 5.41) is 10.2. The number of carbonyl (C=O) groups is 2. The van der Waals surface area contributed by atoms with E-state index < -0.39 is 24.1 Å². The summed E-state index contributed by atoms with van der Waals surface area (Å²) in [5.41, 5.74) is 2.05. The van der Waals surface area contributed by atoms with Gasteiger partial charge in [-0.05, 0) is 69.6 Å². The molecule has 1 aliphatic carbocycles. The Morgan fingerprint density at radius 2 is 1.97 bits per heavy atom. The third-order valence-electron chi connectivity index (χ3n) is 5.91. The molecule has 1 aromatic carbocycles. The van der Waals surface area contributed by atoms with E-state index >= 15 is 0 Å². The lowest BCUT2D eigenvalue weighted by atomic mass is 9.89. The largest absolute Gasteiger partial charge is 0.460 e. The lowest BCUT2D eigenvalue weighted by molar-refractivity contribution is -0.145. The summed E-state index contributed by atoms with van der Waals surface area (Å²) in [6.45, 7) is 3.89. The van der Waals surface area contributed by atoms with Gasteiger partial charge in [-0.2, -0.15) is 0 Å². The number of hydrogen-bond acceptors (Lipinski definition) is 5. The molecule has 3 rings (SSSR count). The Balaban J connectivity index is 1.77. The molecule has 1 aliphatic heterocycles. The number of fused-ring (bicyclic) bond motifs is 1. The first-order valence-corrected chi connectivity index (χ1v) is 11.1. The van der Waals surface area contributed by atoms with Crippen LogP contribution < -0.4 is 0 Å². The molecule has 31 heavy (non-hydrogen) atoms. The van der Waals surface area contributed by atoms with Crippen molar-refractivity contribution < 1.29 is 24.2 Å². The van der Waals surface area contributed by atoms with Crippen LogP contribution in [0.4, 0.5) is 0 Å². The summed E-state index contributed by atoms with van der Waals surface area (Å²) in [4.78, 5) is 24.7. The van der Waals surface area contributed by atoms with Gasteiger partial charge in [0.1, 0.15) is 6.10 Å². The maximum atomic E-state index is 12.5. The summed E-state index contributed by atoms with van der Waals surface area (Å²) < 4.78 is 11.2. The van der Waals surface area contributed by atoms with E-state index in [-0.39, 0.29) is 17.9 Å². The lowest BCUT2D eigenvalue weighted by Crippen LogP contribution is -2.27. The van der Waals surface area contributed by atoms with Crippen LogP contribution in [0.3, 0.4) is 0 Å². The highest BCUT2D eigenvalue weighted by atomic mass is 16.5. The molecule has 2 aliphatic rings. The number of allylic oxidation sites excluding steroid dienone is 2. The monoisotopic (exact) mass is 424 g/mol. The van der Waals surface area contributed by atoms with E-state index in [1.54, 1.807) is 12.2 Å².